The molecule has 0 spiro atoms. The molecule has 0 saturated heterocycles. The summed E-state index contributed by atoms with van der Waals surface area (Å²) in [6.07, 6.45) is 3.27. The van der Waals surface area contributed by atoms with E-state index in [9.17, 15) is 4.79 Å². The Bertz CT molecular complexity index is 429. The normalized spacial score (nSPS) is 13.1. The van der Waals surface area contributed by atoms with Gasteiger partial charge in [0.25, 0.3) is 0 Å². The maximum Gasteiger partial charge on any atom is 0.320 e. The molecule has 1 unspecified atom stereocenters. The fourth-order valence-corrected chi connectivity index (χ4v) is 1.81. The average Bonchev–Trinajstić information content (AvgIpc) is 2.83. The van der Waals surface area contributed by atoms with Gasteiger partial charge in [-0.3, -0.25) is 5.32 Å². The second-order valence-corrected chi connectivity index (χ2v) is 5.86. The number of carbonyl (C=O) groups excluding carboxylic acids is 1. The van der Waals surface area contributed by atoms with E-state index in [1.165, 1.54) is 0 Å². The molecule has 6 heteroatoms. The van der Waals surface area contributed by atoms with Gasteiger partial charge in [-0.15, -0.1) is 0 Å². The van der Waals surface area contributed by atoms with Crippen LogP contribution in [0.2, 0.25) is 0 Å². The Morgan fingerprint density at radius 1 is 1.55 bits per heavy atom. The summed E-state index contributed by atoms with van der Waals surface area (Å²) in [6.45, 7) is 8.78. The van der Waals surface area contributed by atoms with Gasteiger partial charge in [-0.1, -0.05) is 20.8 Å². The van der Waals surface area contributed by atoms with Crippen LogP contribution in [0.4, 0.5) is 10.6 Å². The number of rotatable bonds is 7. The van der Waals surface area contributed by atoms with Crippen molar-refractivity contribution in [1.82, 2.24) is 15.1 Å². The van der Waals surface area contributed by atoms with Gasteiger partial charge < -0.3 is 10.4 Å². The van der Waals surface area contributed by atoms with E-state index in [2.05, 4.69) is 29.6 Å². The maximum absolute atomic E-state index is 11.9. The number of amides is 2. The molecule has 0 aliphatic heterocycles. The number of aromatic nitrogens is 2. The smallest absolute Gasteiger partial charge is 0.320 e. The fourth-order valence-electron chi connectivity index (χ4n) is 1.81. The standard InChI is InChI=1S/C14H26N4O2/c1-5-11(2)18-12(6-8-16-18)17-13(20)15-10-14(3,4)7-9-19/h6,8,11,19H,5,7,9-10H2,1-4H3,(H2,15,17,20). The van der Waals surface area contributed by atoms with Gasteiger partial charge in [-0.25, -0.2) is 9.48 Å². The topological polar surface area (TPSA) is 79.2 Å². The zero-order valence-electron chi connectivity index (χ0n) is 12.8. The molecular formula is C14H26N4O2. The van der Waals surface area contributed by atoms with Crippen LogP contribution < -0.4 is 10.6 Å². The summed E-state index contributed by atoms with van der Waals surface area (Å²) < 4.78 is 1.80. The first kappa shape index (κ1) is 16.5. The highest BCUT2D eigenvalue weighted by atomic mass is 16.3. The van der Waals surface area contributed by atoms with Crippen molar-refractivity contribution in [3.8, 4) is 0 Å². The lowest BCUT2D eigenvalue weighted by molar-refractivity contribution is 0.204. The summed E-state index contributed by atoms with van der Waals surface area (Å²) in [5, 5.41) is 18.8. The molecule has 0 aliphatic carbocycles. The molecule has 20 heavy (non-hydrogen) atoms. The third kappa shape index (κ3) is 4.85. The van der Waals surface area contributed by atoms with Crippen molar-refractivity contribution in [2.45, 2.75) is 46.6 Å². The first-order valence-electron chi connectivity index (χ1n) is 7.09. The first-order chi connectivity index (χ1) is 9.39. The molecule has 1 atom stereocenters. The Hall–Kier alpha value is -1.56. The number of nitrogens with one attached hydrogen (secondary N) is 2. The molecule has 0 aromatic carbocycles. The lowest BCUT2D eigenvalue weighted by Crippen LogP contribution is -2.37. The zero-order valence-corrected chi connectivity index (χ0v) is 12.8. The third-order valence-electron chi connectivity index (χ3n) is 3.44. The van der Waals surface area contributed by atoms with Crippen LogP contribution in [0.25, 0.3) is 0 Å². The fraction of sp³-hybridized carbons (Fsp3) is 0.714. The van der Waals surface area contributed by atoms with Crippen molar-refractivity contribution < 1.29 is 9.90 Å². The predicted octanol–water partition coefficient (Wildman–Crippen LogP) is 2.38. The lowest BCUT2D eigenvalue weighted by Gasteiger charge is -2.24. The highest BCUT2D eigenvalue weighted by Crippen LogP contribution is 2.19. The monoisotopic (exact) mass is 282 g/mol. The number of carbonyl (C=O) groups is 1. The molecule has 0 fully saturated rings. The van der Waals surface area contributed by atoms with E-state index < -0.39 is 0 Å². The molecule has 1 aromatic rings. The van der Waals surface area contributed by atoms with Crippen LogP contribution in [-0.4, -0.2) is 34.1 Å². The van der Waals surface area contributed by atoms with E-state index in [-0.39, 0.29) is 24.1 Å². The Morgan fingerprint density at radius 2 is 2.25 bits per heavy atom. The van der Waals surface area contributed by atoms with E-state index in [1.54, 1.807) is 16.9 Å². The first-order valence-corrected chi connectivity index (χ1v) is 7.09. The van der Waals surface area contributed by atoms with Crippen LogP contribution >= 0.6 is 0 Å². The minimum Gasteiger partial charge on any atom is -0.396 e. The Morgan fingerprint density at radius 3 is 2.85 bits per heavy atom. The summed E-state index contributed by atoms with van der Waals surface area (Å²) in [5.74, 6) is 0.691. The van der Waals surface area contributed by atoms with Gasteiger partial charge in [-0.05, 0) is 25.2 Å². The second kappa shape index (κ2) is 7.28. The Balaban J connectivity index is 2.53. The highest BCUT2D eigenvalue weighted by Gasteiger charge is 2.18. The molecular weight excluding hydrogens is 256 g/mol. The number of nitrogens with zero attached hydrogens (tertiary/aromatic N) is 2. The van der Waals surface area contributed by atoms with E-state index >= 15 is 0 Å². The van der Waals surface area contributed by atoms with E-state index in [1.807, 2.05) is 13.8 Å². The van der Waals surface area contributed by atoms with Crippen LogP contribution in [0.5, 0.6) is 0 Å². The summed E-state index contributed by atoms with van der Waals surface area (Å²) in [4.78, 5) is 11.9. The molecule has 0 aliphatic rings. The van der Waals surface area contributed by atoms with Crippen molar-refractivity contribution in [2.24, 2.45) is 5.41 Å². The van der Waals surface area contributed by atoms with Gasteiger partial charge in [0.15, 0.2) is 0 Å². The van der Waals surface area contributed by atoms with Gasteiger partial charge in [0.2, 0.25) is 0 Å². The van der Waals surface area contributed by atoms with Crippen molar-refractivity contribution >= 4 is 11.8 Å². The van der Waals surface area contributed by atoms with E-state index in [0.717, 1.165) is 6.42 Å². The highest BCUT2D eigenvalue weighted by molar-refractivity contribution is 5.88. The molecule has 1 aromatic heterocycles. The number of anilines is 1. The zero-order chi connectivity index (χ0) is 15.2. The second-order valence-electron chi connectivity index (χ2n) is 5.86. The number of urea groups is 1. The number of aliphatic hydroxyl groups excluding tert-OH is 1. The van der Waals surface area contributed by atoms with E-state index in [0.29, 0.717) is 18.8 Å². The van der Waals surface area contributed by atoms with Crippen LogP contribution in [-0.2, 0) is 0 Å². The molecule has 0 bridgehead atoms. The quantitative estimate of drug-likeness (QED) is 0.718. The Labute approximate surface area is 120 Å². The molecule has 1 heterocycles. The average molecular weight is 282 g/mol. The summed E-state index contributed by atoms with van der Waals surface area (Å²) >= 11 is 0. The molecule has 0 saturated carbocycles. The number of hydrogen-bond donors (Lipinski definition) is 3. The van der Waals surface area contributed by atoms with Crippen molar-refractivity contribution in [3.63, 3.8) is 0 Å². The summed E-state index contributed by atoms with van der Waals surface area (Å²) in [7, 11) is 0. The van der Waals surface area contributed by atoms with Gasteiger partial charge >= 0.3 is 6.03 Å². The SMILES string of the molecule is CCC(C)n1nccc1NC(=O)NCC(C)(C)CCO. The lowest BCUT2D eigenvalue weighted by atomic mass is 9.90. The van der Waals surface area contributed by atoms with Gasteiger partial charge in [-0.2, -0.15) is 5.10 Å². The third-order valence-corrected chi connectivity index (χ3v) is 3.44. The molecule has 6 nitrogen and oxygen atoms in total. The Kier molecular flexibility index (Phi) is 6.01. The summed E-state index contributed by atoms with van der Waals surface area (Å²) in [5.41, 5.74) is -0.122. The van der Waals surface area contributed by atoms with Crippen LogP contribution in [0.3, 0.4) is 0 Å². The minimum atomic E-state index is -0.249. The van der Waals surface area contributed by atoms with Gasteiger partial charge in [0, 0.05) is 19.2 Å². The van der Waals surface area contributed by atoms with Crippen LogP contribution in [0, 0.1) is 5.41 Å². The predicted molar refractivity (Wildman–Crippen MR) is 79.7 cm³/mol. The van der Waals surface area contributed by atoms with E-state index in [4.69, 9.17) is 5.11 Å². The molecule has 1 rings (SSSR count). The summed E-state index contributed by atoms with van der Waals surface area (Å²) in [6, 6.07) is 1.78. The molecule has 114 valence electrons. The molecule has 3 N–H and O–H groups in total. The number of hydrogen-bond acceptors (Lipinski definition) is 3. The molecule has 2 amide bonds. The maximum atomic E-state index is 11.9. The number of aliphatic hydroxyl groups is 1. The van der Waals surface area contributed by atoms with Gasteiger partial charge in [0.05, 0.1) is 12.2 Å². The van der Waals surface area contributed by atoms with Crippen molar-refractivity contribution in [3.05, 3.63) is 12.3 Å². The minimum absolute atomic E-state index is 0.122. The van der Waals surface area contributed by atoms with Gasteiger partial charge in [0.1, 0.15) is 5.82 Å². The van der Waals surface area contributed by atoms with Crippen LogP contribution in [0.15, 0.2) is 12.3 Å². The van der Waals surface area contributed by atoms with Crippen molar-refractivity contribution in [2.75, 3.05) is 18.5 Å². The van der Waals surface area contributed by atoms with Crippen molar-refractivity contribution in [1.29, 1.82) is 0 Å². The van der Waals surface area contributed by atoms with Crippen LogP contribution in [0.1, 0.15) is 46.6 Å². The largest absolute Gasteiger partial charge is 0.396 e. The molecule has 0 radical (unpaired) electrons.